The summed E-state index contributed by atoms with van der Waals surface area (Å²) in [5.41, 5.74) is 2.04. The largest absolute Gasteiger partial charge is 0.493 e. The highest BCUT2D eigenvalue weighted by molar-refractivity contribution is 7.07. The molecule has 1 atom stereocenters. The van der Waals surface area contributed by atoms with E-state index in [1.54, 1.807) is 68.0 Å². The molecule has 0 bridgehead atoms. The Morgan fingerprint density at radius 2 is 1.79 bits per heavy atom. The molecule has 4 rings (SSSR count). The van der Waals surface area contributed by atoms with Gasteiger partial charge in [0.2, 0.25) is 0 Å². The average Bonchev–Trinajstić information content (AvgIpc) is 3.24. The molecule has 8 nitrogen and oxygen atoms in total. The Balaban J connectivity index is 1.84. The smallest absolute Gasteiger partial charge is 0.338 e. The molecule has 1 aromatic heterocycles. The van der Waals surface area contributed by atoms with Gasteiger partial charge in [0.15, 0.2) is 16.3 Å². The monoisotopic (exact) mass is 546 g/mol. The lowest BCUT2D eigenvalue weighted by molar-refractivity contribution is -0.139. The number of hydrogen-bond donors (Lipinski definition) is 0. The first-order chi connectivity index (χ1) is 18.9. The molecule has 2 aromatic carbocycles. The summed E-state index contributed by atoms with van der Waals surface area (Å²) in [6.07, 6.45) is 5.09. The Bertz CT molecular complexity index is 1600. The Hall–Kier alpha value is -4.37. The Kier molecular flexibility index (Phi) is 8.83. The van der Waals surface area contributed by atoms with Crippen molar-refractivity contribution in [2.45, 2.75) is 19.9 Å². The van der Waals surface area contributed by atoms with Gasteiger partial charge in [-0.25, -0.2) is 9.79 Å². The highest BCUT2D eigenvalue weighted by Crippen LogP contribution is 2.32. The molecule has 0 saturated carbocycles. The number of nitrogens with zero attached hydrogens (tertiary/aromatic N) is 2. The number of carbonyl (C=O) groups is 1. The minimum absolute atomic E-state index is 0.204. The molecule has 0 saturated heterocycles. The number of thiazole rings is 1. The summed E-state index contributed by atoms with van der Waals surface area (Å²) >= 11 is 1.25. The maximum absolute atomic E-state index is 13.8. The zero-order valence-electron chi connectivity index (χ0n) is 22.1. The molecule has 202 valence electrons. The van der Waals surface area contributed by atoms with Crippen LogP contribution in [0.1, 0.15) is 31.0 Å². The van der Waals surface area contributed by atoms with Gasteiger partial charge in [-0.1, -0.05) is 54.8 Å². The van der Waals surface area contributed by atoms with E-state index in [4.69, 9.17) is 18.9 Å². The molecule has 2 heterocycles. The van der Waals surface area contributed by atoms with E-state index in [-0.39, 0.29) is 12.2 Å². The summed E-state index contributed by atoms with van der Waals surface area (Å²) in [5, 5.41) is 0. The molecule has 9 heteroatoms. The molecule has 39 heavy (non-hydrogen) atoms. The quantitative estimate of drug-likeness (QED) is 0.268. The van der Waals surface area contributed by atoms with Crippen molar-refractivity contribution in [2.75, 3.05) is 26.9 Å². The van der Waals surface area contributed by atoms with Gasteiger partial charge < -0.3 is 18.9 Å². The second-order valence-corrected chi connectivity index (χ2v) is 9.49. The maximum Gasteiger partial charge on any atom is 0.338 e. The van der Waals surface area contributed by atoms with Crippen molar-refractivity contribution >= 4 is 23.4 Å². The predicted octanol–water partition coefficient (Wildman–Crippen LogP) is 3.94. The van der Waals surface area contributed by atoms with Crippen molar-refractivity contribution in [1.82, 2.24) is 4.57 Å². The zero-order chi connectivity index (χ0) is 27.9. The van der Waals surface area contributed by atoms with Crippen molar-refractivity contribution in [2.24, 2.45) is 4.99 Å². The Morgan fingerprint density at radius 3 is 2.46 bits per heavy atom. The second-order valence-electron chi connectivity index (χ2n) is 8.48. The molecule has 3 aromatic rings. The minimum atomic E-state index is -0.708. The third kappa shape index (κ3) is 5.88. The summed E-state index contributed by atoms with van der Waals surface area (Å²) in [7, 11) is 1.56. The van der Waals surface area contributed by atoms with Crippen molar-refractivity contribution in [3.05, 3.63) is 110 Å². The first-order valence-corrected chi connectivity index (χ1v) is 13.2. The molecule has 0 fully saturated rings. The molecule has 0 N–H and O–H groups in total. The number of fused-ring (bicyclic) bond motifs is 1. The Labute approximate surface area is 230 Å². The van der Waals surface area contributed by atoms with Gasteiger partial charge in [0.05, 0.1) is 35.6 Å². The number of methoxy groups -OCH3 is 1. The van der Waals surface area contributed by atoms with E-state index in [2.05, 4.69) is 18.2 Å². The number of rotatable bonds is 11. The average molecular weight is 547 g/mol. The van der Waals surface area contributed by atoms with E-state index in [9.17, 15) is 9.59 Å². The summed E-state index contributed by atoms with van der Waals surface area (Å²) in [4.78, 5) is 32.0. The number of ether oxygens (including phenoxy) is 4. The molecule has 0 unspecified atom stereocenters. The first kappa shape index (κ1) is 27.7. The van der Waals surface area contributed by atoms with E-state index < -0.39 is 12.0 Å². The minimum Gasteiger partial charge on any atom is -0.493 e. The number of esters is 1. The van der Waals surface area contributed by atoms with Crippen LogP contribution in [0.4, 0.5) is 0 Å². The number of allylic oxidation sites excluding steroid dienone is 1. The fourth-order valence-corrected chi connectivity index (χ4v) is 5.25. The molecule has 1 aliphatic heterocycles. The van der Waals surface area contributed by atoms with E-state index in [1.807, 2.05) is 18.2 Å². The first-order valence-electron chi connectivity index (χ1n) is 12.4. The summed E-state index contributed by atoms with van der Waals surface area (Å²) in [6, 6.07) is 12.0. The van der Waals surface area contributed by atoms with Crippen LogP contribution < -0.4 is 29.1 Å². The van der Waals surface area contributed by atoms with Crippen LogP contribution in [0, 0.1) is 0 Å². The second kappa shape index (κ2) is 12.4. The molecule has 0 aliphatic carbocycles. The van der Waals surface area contributed by atoms with Crippen molar-refractivity contribution < 1.29 is 23.7 Å². The van der Waals surface area contributed by atoms with Crippen LogP contribution in [0.15, 0.2) is 88.8 Å². The fraction of sp³-hybridized carbons (Fsp3) is 0.233. The van der Waals surface area contributed by atoms with Gasteiger partial charge in [-0.05, 0) is 55.3 Å². The Morgan fingerprint density at radius 1 is 1.08 bits per heavy atom. The van der Waals surface area contributed by atoms with Crippen LogP contribution in [0.25, 0.3) is 6.08 Å². The molecular weight excluding hydrogens is 516 g/mol. The summed E-state index contributed by atoms with van der Waals surface area (Å²) < 4.78 is 24.1. The van der Waals surface area contributed by atoms with E-state index >= 15 is 0 Å². The predicted molar refractivity (Wildman–Crippen MR) is 151 cm³/mol. The third-order valence-corrected chi connectivity index (χ3v) is 6.91. The maximum atomic E-state index is 13.8. The highest BCUT2D eigenvalue weighted by Gasteiger charge is 2.33. The molecule has 0 amide bonds. The topological polar surface area (TPSA) is 88.4 Å². The van der Waals surface area contributed by atoms with E-state index in [0.29, 0.717) is 51.1 Å². The van der Waals surface area contributed by atoms with E-state index in [0.717, 1.165) is 11.1 Å². The lowest BCUT2D eigenvalue weighted by Gasteiger charge is -2.24. The highest BCUT2D eigenvalue weighted by atomic mass is 32.1. The SMILES string of the molecule is C=CCOc1ccc([C@@H]2C(C(=O)OCC)=C(C)N=c3s/c(=C\c4ccc(OCC=C)c(OC)c4)c(=O)n32)cc1. The molecule has 0 spiro atoms. The zero-order valence-corrected chi connectivity index (χ0v) is 23.0. The van der Waals surface area contributed by atoms with Crippen LogP contribution >= 0.6 is 11.3 Å². The van der Waals surface area contributed by atoms with E-state index in [1.165, 1.54) is 11.3 Å². The standard InChI is InChI=1S/C30H30N2O6S/c1-6-15-37-22-12-10-21(11-13-22)27-26(29(34)36-8-3)19(4)31-30-32(27)28(33)25(39-30)18-20-9-14-23(38-16-7-2)24(17-20)35-5/h6-7,9-14,17-18,27H,1-2,8,15-16H2,3-5H3/b25-18-/t27-/m1/s1. The van der Waals surface area contributed by atoms with Gasteiger partial charge in [-0.15, -0.1) is 0 Å². The summed E-state index contributed by atoms with van der Waals surface area (Å²) in [6.45, 7) is 11.7. The van der Waals surface area contributed by atoms with Crippen LogP contribution in [-0.2, 0) is 9.53 Å². The van der Waals surface area contributed by atoms with Crippen LogP contribution in [0.3, 0.4) is 0 Å². The summed E-state index contributed by atoms with van der Waals surface area (Å²) in [5.74, 6) is 1.26. The van der Waals surface area contributed by atoms with Gasteiger partial charge in [-0.2, -0.15) is 0 Å². The third-order valence-electron chi connectivity index (χ3n) is 5.92. The van der Waals surface area contributed by atoms with Gasteiger partial charge >= 0.3 is 5.97 Å². The van der Waals surface area contributed by atoms with Crippen LogP contribution in [-0.4, -0.2) is 37.5 Å². The lowest BCUT2D eigenvalue weighted by atomic mass is 9.96. The number of carbonyl (C=O) groups excluding carboxylic acids is 1. The van der Waals surface area contributed by atoms with Gasteiger partial charge in [0.25, 0.3) is 5.56 Å². The van der Waals surface area contributed by atoms with Gasteiger partial charge in [-0.3, -0.25) is 9.36 Å². The normalized spacial score (nSPS) is 14.7. The number of aromatic nitrogens is 1. The van der Waals surface area contributed by atoms with Gasteiger partial charge in [0, 0.05) is 0 Å². The van der Waals surface area contributed by atoms with Crippen LogP contribution in [0.5, 0.6) is 17.2 Å². The molecular formula is C30H30N2O6S. The van der Waals surface area contributed by atoms with Crippen LogP contribution in [0.2, 0.25) is 0 Å². The lowest BCUT2D eigenvalue weighted by Crippen LogP contribution is -2.39. The molecule has 1 aliphatic rings. The van der Waals surface area contributed by atoms with Crippen molar-refractivity contribution in [3.8, 4) is 17.2 Å². The number of hydrogen-bond acceptors (Lipinski definition) is 8. The van der Waals surface area contributed by atoms with Crippen molar-refractivity contribution in [1.29, 1.82) is 0 Å². The van der Waals surface area contributed by atoms with Crippen molar-refractivity contribution in [3.63, 3.8) is 0 Å². The molecule has 0 radical (unpaired) electrons. The fourth-order valence-electron chi connectivity index (χ4n) is 4.20. The van der Waals surface area contributed by atoms with Gasteiger partial charge in [0.1, 0.15) is 19.0 Å². The number of benzene rings is 2.